The summed E-state index contributed by atoms with van der Waals surface area (Å²) in [6.07, 6.45) is 7.26. The number of carboxylic acid groups (broad SMARTS) is 1. The van der Waals surface area contributed by atoms with Crippen LogP contribution < -0.4 is 4.74 Å². The van der Waals surface area contributed by atoms with Crippen LogP contribution in [0.3, 0.4) is 0 Å². The molecule has 1 saturated carbocycles. The van der Waals surface area contributed by atoms with Crippen LogP contribution in [-0.2, 0) is 16.0 Å². The van der Waals surface area contributed by atoms with Crippen LogP contribution >= 0.6 is 0 Å². The highest BCUT2D eigenvalue weighted by molar-refractivity contribution is 5.92. The SMILES string of the molecule is O=C(O)c1cnc(OC2CCCC2)cc1CC(=O)C1CCOCC1. The largest absolute Gasteiger partial charge is 0.478 e. The average molecular weight is 333 g/mol. The van der Waals surface area contributed by atoms with Crippen LogP contribution in [0.15, 0.2) is 12.3 Å². The number of carbonyl (C=O) groups excluding carboxylic acids is 1. The molecule has 2 heterocycles. The summed E-state index contributed by atoms with van der Waals surface area (Å²) in [7, 11) is 0. The number of hydrogen-bond acceptors (Lipinski definition) is 5. The van der Waals surface area contributed by atoms with Gasteiger partial charge in [0.05, 0.1) is 5.56 Å². The number of carbonyl (C=O) groups is 2. The molecule has 0 amide bonds. The minimum absolute atomic E-state index is 0.0484. The molecule has 6 heteroatoms. The Bertz CT molecular complexity index is 603. The summed E-state index contributed by atoms with van der Waals surface area (Å²) in [4.78, 5) is 28.0. The molecule has 2 aliphatic rings. The van der Waals surface area contributed by atoms with E-state index < -0.39 is 5.97 Å². The maximum Gasteiger partial charge on any atom is 0.337 e. The fourth-order valence-electron chi connectivity index (χ4n) is 3.41. The molecule has 0 aromatic carbocycles. The van der Waals surface area contributed by atoms with Gasteiger partial charge >= 0.3 is 5.97 Å². The molecule has 0 atom stereocenters. The summed E-state index contributed by atoms with van der Waals surface area (Å²) in [6, 6.07) is 1.62. The number of ether oxygens (including phenoxy) is 2. The molecular weight excluding hydrogens is 310 g/mol. The van der Waals surface area contributed by atoms with E-state index in [4.69, 9.17) is 9.47 Å². The smallest absolute Gasteiger partial charge is 0.337 e. The molecule has 2 fully saturated rings. The highest BCUT2D eigenvalue weighted by atomic mass is 16.5. The van der Waals surface area contributed by atoms with Gasteiger partial charge in [-0.15, -0.1) is 0 Å². The Morgan fingerprint density at radius 1 is 1.21 bits per heavy atom. The monoisotopic (exact) mass is 333 g/mol. The Morgan fingerprint density at radius 2 is 1.92 bits per heavy atom. The van der Waals surface area contributed by atoms with E-state index in [1.54, 1.807) is 6.07 Å². The summed E-state index contributed by atoms with van der Waals surface area (Å²) in [5, 5.41) is 9.35. The minimum Gasteiger partial charge on any atom is -0.478 e. The van der Waals surface area contributed by atoms with Gasteiger partial charge in [0.1, 0.15) is 11.9 Å². The Kier molecular flexibility index (Phi) is 5.45. The second-order valence-electron chi connectivity index (χ2n) is 6.54. The second kappa shape index (κ2) is 7.75. The van der Waals surface area contributed by atoms with Crippen molar-refractivity contribution in [2.75, 3.05) is 13.2 Å². The van der Waals surface area contributed by atoms with Crippen LogP contribution in [0.4, 0.5) is 0 Å². The second-order valence-corrected chi connectivity index (χ2v) is 6.54. The standard InChI is InChI=1S/C18H23NO5/c20-16(12-5-7-23-8-6-12)9-13-10-17(19-11-15(13)18(21)22)24-14-3-1-2-4-14/h10-12,14H,1-9H2,(H,21,22). The van der Waals surface area contributed by atoms with Gasteiger partial charge in [-0.05, 0) is 44.1 Å². The Morgan fingerprint density at radius 3 is 2.58 bits per heavy atom. The maximum atomic E-state index is 12.5. The predicted octanol–water partition coefficient (Wildman–Crippen LogP) is 2.64. The molecule has 130 valence electrons. The number of carboxylic acids is 1. The van der Waals surface area contributed by atoms with E-state index in [0.29, 0.717) is 37.5 Å². The van der Waals surface area contributed by atoms with Gasteiger partial charge in [0, 0.05) is 37.8 Å². The molecule has 1 N–H and O–H groups in total. The molecule has 3 rings (SSSR count). The summed E-state index contributed by atoms with van der Waals surface area (Å²) >= 11 is 0. The van der Waals surface area contributed by atoms with E-state index in [2.05, 4.69) is 4.98 Å². The van der Waals surface area contributed by atoms with Crippen LogP contribution in [0, 0.1) is 5.92 Å². The third-order valence-corrected chi connectivity index (χ3v) is 4.83. The van der Waals surface area contributed by atoms with Gasteiger partial charge in [0.25, 0.3) is 0 Å². The quantitative estimate of drug-likeness (QED) is 0.861. The highest BCUT2D eigenvalue weighted by Crippen LogP contribution is 2.25. The van der Waals surface area contributed by atoms with Crippen molar-refractivity contribution in [2.45, 2.75) is 51.0 Å². The van der Waals surface area contributed by atoms with Crippen molar-refractivity contribution in [1.29, 1.82) is 0 Å². The van der Waals surface area contributed by atoms with Gasteiger partial charge in [0.15, 0.2) is 0 Å². The fourth-order valence-corrected chi connectivity index (χ4v) is 3.41. The van der Waals surface area contributed by atoms with E-state index in [1.165, 1.54) is 6.20 Å². The van der Waals surface area contributed by atoms with Crippen LogP contribution in [0.1, 0.15) is 54.4 Å². The zero-order valence-corrected chi connectivity index (χ0v) is 13.7. The summed E-state index contributed by atoms with van der Waals surface area (Å²) in [5.74, 6) is -0.627. The molecule has 0 radical (unpaired) electrons. The summed E-state index contributed by atoms with van der Waals surface area (Å²) < 4.78 is 11.1. The van der Waals surface area contributed by atoms with Crippen molar-refractivity contribution in [3.63, 3.8) is 0 Å². The lowest BCUT2D eigenvalue weighted by Crippen LogP contribution is -2.25. The van der Waals surface area contributed by atoms with Crippen molar-refractivity contribution in [3.8, 4) is 5.88 Å². The lowest BCUT2D eigenvalue weighted by molar-refractivity contribution is -0.125. The van der Waals surface area contributed by atoms with Gasteiger partial charge in [-0.25, -0.2) is 9.78 Å². The molecule has 1 aliphatic carbocycles. The number of rotatable bonds is 6. The van der Waals surface area contributed by atoms with Gasteiger partial charge in [-0.1, -0.05) is 0 Å². The molecule has 0 unspecified atom stereocenters. The minimum atomic E-state index is -1.07. The highest BCUT2D eigenvalue weighted by Gasteiger charge is 2.24. The maximum absolute atomic E-state index is 12.5. The number of aromatic nitrogens is 1. The van der Waals surface area contributed by atoms with Gasteiger partial charge in [-0.2, -0.15) is 0 Å². The summed E-state index contributed by atoms with van der Waals surface area (Å²) in [5.41, 5.74) is 0.566. The first kappa shape index (κ1) is 16.9. The molecule has 1 saturated heterocycles. The first-order chi connectivity index (χ1) is 11.6. The van der Waals surface area contributed by atoms with Gasteiger partial charge < -0.3 is 14.6 Å². The number of aromatic carboxylic acids is 1. The Hall–Kier alpha value is -1.95. The van der Waals surface area contributed by atoms with E-state index in [-0.39, 0.29) is 29.8 Å². The van der Waals surface area contributed by atoms with Crippen LogP contribution in [0.5, 0.6) is 5.88 Å². The molecule has 0 spiro atoms. The molecule has 1 aromatic heterocycles. The first-order valence-electron chi connectivity index (χ1n) is 8.63. The van der Waals surface area contributed by atoms with Crippen LogP contribution in [0.2, 0.25) is 0 Å². The van der Waals surface area contributed by atoms with Crippen molar-refractivity contribution in [1.82, 2.24) is 4.98 Å². The number of pyridine rings is 1. The zero-order chi connectivity index (χ0) is 16.9. The van der Waals surface area contributed by atoms with Crippen LogP contribution in [-0.4, -0.2) is 41.2 Å². The number of nitrogens with zero attached hydrogens (tertiary/aromatic N) is 1. The van der Waals surface area contributed by atoms with E-state index >= 15 is 0 Å². The third kappa shape index (κ3) is 4.12. The molecule has 1 aliphatic heterocycles. The lowest BCUT2D eigenvalue weighted by atomic mass is 9.90. The normalized spacial score (nSPS) is 19.3. The molecule has 0 bridgehead atoms. The van der Waals surface area contributed by atoms with Crippen molar-refractivity contribution >= 4 is 11.8 Å². The van der Waals surface area contributed by atoms with Gasteiger partial charge in [-0.3, -0.25) is 4.79 Å². The van der Waals surface area contributed by atoms with Crippen LogP contribution in [0.25, 0.3) is 0 Å². The topological polar surface area (TPSA) is 85.7 Å². The predicted molar refractivity (Wildman–Crippen MR) is 86.3 cm³/mol. The van der Waals surface area contributed by atoms with E-state index in [0.717, 1.165) is 25.7 Å². The fraction of sp³-hybridized carbons (Fsp3) is 0.611. The van der Waals surface area contributed by atoms with E-state index in [1.807, 2.05) is 0 Å². The van der Waals surface area contributed by atoms with Crippen molar-refractivity contribution in [2.24, 2.45) is 5.92 Å². The average Bonchev–Trinajstić information content (AvgIpc) is 3.08. The Labute approximate surface area is 141 Å². The molecule has 24 heavy (non-hydrogen) atoms. The van der Waals surface area contributed by atoms with E-state index in [9.17, 15) is 14.7 Å². The first-order valence-corrected chi connectivity index (χ1v) is 8.63. The van der Waals surface area contributed by atoms with Crippen molar-refractivity contribution < 1.29 is 24.2 Å². The molecular formula is C18H23NO5. The third-order valence-electron chi connectivity index (χ3n) is 4.83. The number of Topliss-reactive ketones (excluding diaryl/α,β-unsaturated/α-hetero) is 1. The summed E-state index contributed by atoms with van der Waals surface area (Å²) in [6.45, 7) is 1.18. The van der Waals surface area contributed by atoms with Gasteiger partial charge in [0.2, 0.25) is 5.88 Å². The number of ketones is 1. The number of hydrogen-bond donors (Lipinski definition) is 1. The zero-order valence-electron chi connectivity index (χ0n) is 13.7. The Balaban J connectivity index is 1.74. The molecule has 6 nitrogen and oxygen atoms in total. The van der Waals surface area contributed by atoms with Crippen molar-refractivity contribution in [3.05, 3.63) is 23.4 Å². The molecule has 1 aromatic rings. The lowest BCUT2D eigenvalue weighted by Gasteiger charge is -2.21.